The predicted molar refractivity (Wildman–Crippen MR) is 118 cm³/mol. The van der Waals surface area contributed by atoms with Crippen molar-refractivity contribution >= 4 is 22.6 Å². The van der Waals surface area contributed by atoms with Crippen molar-refractivity contribution in [1.82, 2.24) is 9.55 Å². The second-order valence-corrected chi connectivity index (χ2v) is 7.63. The Bertz CT molecular complexity index is 1210. The first kappa shape index (κ1) is 18.4. The van der Waals surface area contributed by atoms with E-state index in [1.165, 1.54) is 11.1 Å². The van der Waals surface area contributed by atoms with Crippen LogP contribution in [0.3, 0.4) is 0 Å². The monoisotopic (exact) mass is 397 g/mol. The van der Waals surface area contributed by atoms with Crippen LogP contribution in [-0.2, 0) is 24.4 Å². The fraction of sp³-hybridized carbons (Fsp3) is 0.200. The van der Waals surface area contributed by atoms with E-state index in [4.69, 9.17) is 9.72 Å². The van der Waals surface area contributed by atoms with Crippen LogP contribution in [0.15, 0.2) is 72.8 Å². The smallest absolute Gasteiger partial charge is 0.247 e. The number of fused-ring (bicyclic) bond motifs is 2. The molecular formula is C25H23N3O2. The molecule has 1 aliphatic heterocycles. The molecule has 2 heterocycles. The topological polar surface area (TPSA) is 47.4 Å². The third-order valence-corrected chi connectivity index (χ3v) is 5.60. The van der Waals surface area contributed by atoms with Crippen LogP contribution in [0.5, 0.6) is 5.75 Å². The summed E-state index contributed by atoms with van der Waals surface area (Å²) >= 11 is 0. The summed E-state index contributed by atoms with van der Waals surface area (Å²) in [7, 11) is 0. The van der Waals surface area contributed by atoms with E-state index in [9.17, 15) is 4.79 Å². The van der Waals surface area contributed by atoms with Crippen molar-refractivity contribution in [2.45, 2.75) is 26.5 Å². The number of aromatic nitrogens is 2. The number of imidazole rings is 1. The first-order valence-electron chi connectivity index (χ1n) is 10.2. The molecule has 30 heavy (non-hydrogen) atoms. The quantitative estimate of drug-likeness (QED) is 0.498. The van der Waals surface area contributed by atoms with Crippen molar-refractivity contribution in [3.8, 4) is 5.75 Å². The van der Waals surface area contributed by atoms with Gasteiger partial charge in [-0.2, -0.15) is 0 Å². The number of amides is 1. The van der Waals surface area contributed by atoms with Crippen LogP contribution in [0, 0.1) is 6.92 Å². The van der Waals surface area contributed by atoms with Gasteiger partial charge in [0.2, 0.25) is 5.91 Å². The normalized spacial score (nSPS) is 12.9. The number of anilines is 1. The van der Waals surface area contributed by atoms with Gasteiger partial charge in [-0.25, -0.2) is 4.98 Å². The lowest BCUT2D eigenvalue weighted by Gasteiger charge is -2.19. The van der Waals surface area contributed by atoms with Crippen LogP contribution in [-0.4, -0.2) is 22.0 Å². The van der Waals surface area contributed by atoms with Gasteiger partial charge in [0.25, 0.3) is 0 Å². The molecule has 3 aromatic carbocycles. The van der Waals surface area contributed by atoms with Crippen LogP contribution in [0.4, 0.5) is 5.69 Å². The van der Waals surface area contributed by atoms with Gasteiger partial charge in [0.05, 0.1) is 11.0 Å². The van der Waals surface area contributed by atoms with Crippen molar-refractivity contribution in [2.24, 2.45) is 0 Å². The minimum Gasteiger partial charge on any atom is -0.486 e. The molecule has 1 amide bonds. The molecule has 0 aliphatic carbocycles. The van der Waals surface area contributed by atoms with Gasteiger partial charge in [-0.3, -0.25) is 4.79 Å². The van der Waals surface area contributed by atoms with Crippen molar-refractivity contribution < 1.29 is 9.53 Å². The molecule has 5 rings (SSSR count). The maximum atomic E-state index is 13.2. The van der Waals surface area contributed by atoms with Gasteiger partial charge in [0.1, 0.15) is 24.7 Å². The Morgan fingerprint density at radius 3 is 2.63 bits per heavy atom. The standard InChI is InChI=1S/C25H23N3O2/c1-18-10-12-20(13-11-18)30-17-24-26-21-7-3-5-9-23(21)28(24)16-25(29)27-15-14-19-6-2-4-8-22(19)27/h2-13H,14-17H2,1H3. The van der Waals surface area contributed by atoms with E-state index in [0.29, 0.717) is 6.61 Å². The molecule has 4 aromatic rings. The summed E-state index contributed by atoms with van der Waals surface area (Å²) < 4.78 is 7.95. The summed E-state index contributed by atoms with van der Waals surface area (Å²) in [6.45, 7) is 3.31. The van der Waals surface area contributed by atoms with Crippen LogP contribution in [0.2, 0.25) is 0 Å². The van der Waals surface area contributed by atoms with Crippen molar-refractivity contribution in [1.29, 1.82) is 0 Å². The Hall–Kier alpha value is -3.60. The lowest BCUT2D eigenvalue weighted by Crippen LogP contribution is -2.32. The van der Waals surface area contributed by atoms with Gasteiger partial charge >= 0.3 is 0 Å². The molecule has 0 N–H and O–H groups in total. The Kier molecular flexibility index (Phi) is 4.71. The molecule has 0 atom stereocenters. The molecule has 0 spiro atoms. The van der Waals surface area contributed by atoms with Gasteiger partial charge in [-0.15, -0.1) is 0 Å². The molecule has 0 unspecified atom stereocenters. The van der Waals surface area contributed by atoms with Gasteiger partial charge in [-0.05, 0) is 49.2 Å². The van der Waals surface area contributed by atoms with E-state index in [0.717, 1.165) is 41.3 Å². The molecule has 0 bridgehead atoms. The number of carbonyl (C=O) groups excluding carboxylic acids is 1. The number of para-hydroxylation sites is 3. The zero-order chi connectivity index (χ0) is 20.5. The summed E-state index contributed by atoms with van der Waals surface area (Å²) in [5, 5.41) is 0. The number of hydrogen-bond acceptors (Lipinski definition) is 3. The number of benzene rings is 3. The Balaban J connectivity index is 1.42. The molecule has 0 saturated carbocycles. The van der Waals surface area contributed by atoms with E-state index in [-0.39, 0.29) is 12.5 Å². The van der Waals surface area contributed by atoms with Gasteiger partial charge in [-0.1, -0.05) is 48.0 Å². The number of carbonyl (C=O) groups is 1. The first-order chi connectivity index (χ1) is 14.7. The average Bonchev–Trinajstić information content (AvgIpc) is 3.35. The Morgan fingerprint density at radius 2 is 1.77 bits per heavy atom. The third kappa shape index (κ3) is 3.43. The van der Waals surface area contributed by atoms with Crippen molar-refractivity contribution in [3.05, 3.63) is 89.7 Å². The third-order valence-electron chi connectivity index (χ3n) is 5.60. The number of rotatable bonds is 5. The molecule has 0 radical (unpaired) electrons. The summed E-state index contributed by atoms with van der Waals surface area (Å²) in [5.74, 6) is 1.61. The summed E-state index contributed by atoms with van der Waals surface area (Å²) in [5.41, 5.74) is 5.25. The zero-order valence-electron chi connectivity index (χ0n) is 16.9. The summed E-state index contributed by atoms with van der Waals surface area (Å²) in [4.78, 5) is 19.8. The highest BCUT2D eigenvalue weighted by Gasteiger charge is 2.25. The highest BCUT2D eigenvalue weighted by molar-refractivity contribution is 5.96. The number of aryl methyl sites for hydroxylation is 1. The highest BCUT2D eigenvalue weighted by Crippen LogP contribution is 2.28. The Labute approximate surface area is 175 Å². The first-order valence-corrected chi connectivity index (χ1v) is 10.2. The molecule has 1 aliphatic rings. The summed E-state index contributed by atoms with van der Waals surface area (Å²) in [6.07, 6.45) is 0.899. The number of hydrogen-bond donors (Lipinski definition) is 0. The SMILES string of the molecule is Cc1ccc(OCc2nc3ccccc3n2CC(=O)N2CCc3ccccc32)cc1. The van der Waals surface area contributed by atoms with Crippen LogP contribution in [0.25, 0.3) is 11.0 Å². The Morgan fingerprint density at radius 1 is 1.00 bits per heavy atom. The second kappa shape index (κ2) is 7.67. The van der Waals surface area contributed by atoms with E-state index in [2.05, 4.69) is 6.07 Å². The largest absolute Gasteiger partial charge is 0.486 e. The summed E-state index contributed by atoms with van der Waals surface area (Å²) in [6, 6.07) is 24.0. The zero-order valence-corrected chi connectivity index (χ0v) is 16.9. The van der Waals surface area contributed by atoms with E-state index < -0.39 is 0 Å². The van der Waals surface area contributed by atoms with Crippen molar-refractivity contribution in [3.63, 3.8) is 0 Å². The molecule has 0 saturated heterocycles. The van der Waals surface area contributed by atoms with Gasteiger partial charge in [0, 0.05) is 12.2 Å². The fourth-order valence-corrected chi connectivity index (χ4v) is 4.01. The van der Waals surface area contributed by atoms with E-state index in [1.54, 1.807) is 0 Å². The van der Waals surface area contributed by atoms with Gasteiger partial charge < -0.3 is 14.2 Å². The van der Waals surface area contributed by atoms with E-state index >= 15 is 0 Å². The minimum atomic E-state index is 0.0692. The molecule has 1 aromatic heterocycles. The highest BCUT2D eigenvalue weighted by atomic mass is 16.5. The second-order valence-electron chi connectivity index (χ2n) is 7.63. The molecule has 0 fully saturated rings. The fourth-order valence-electron chi connectivity index (χ4n) is 4.01. The molecule has 150 valence electrons. The lowest BCUT2D eigenvalue weighted by atomic mass is 10.2. The van der Waals surface area contributed by atoms with Crippen LogP contribution < -0.4 is 9.64 Å². The maximum absolute atomic E-state index is 13.2. The molecule has 5 nitrogen and oxygen atoms in total. The van der Waals surface area contributed by atoms with Gasteiger partial charge in [0.15, 0.2) is 0 Å². The number of ether oxygens (including phenoxy) is 1. The average molecular weight is 397 g/mol. The number of nitrogens with zero attached hydrogens (tertiary/aromatic N) is 3. The van der Waals surface area contributed by atoms with Crippen molar-refractivity contribution in [2.75, 3.05) is 11.4 Å². The maximum Gasteiger partial charge on any atom is 0.247 e. The molecule has 5 heteroatoms. The predicted octanol–water partition coefficient (Wildman–Crippen LogP) is 4.51. The molecular weight excluding hydrogens is 374 g/mol. The lowest BCUT2D eigenvalue weighted by molar-refractivity contribution is -0.119. The van der Waals surface area contributed by atoms with Crippen LogP contribution >= 0.6 is 0 Å². The van der Waals surface area contributed by atoms with E-state index in [1.807, 2.05) is 83.1 Å². The van der Waals surface area contributed by atoms with Crippen LogP contribution in [0.1, 0.15) is 17.0 Å². The minimum absolute atomic E-state index is 0.0692.